The highest BCUT2D eigenvalue weighted by molar-refractivity contribution is 5.79. The third kappa shape index (κ3) is 2.51. The second kappa shape index (κ2) is 5.09. The van der Waals surface area contributed by atoms with Crippen molar-refractivity contribution in [3.63, 3.8) is 0 Å². The zero-order valence-corrected chi connectivity index (χ0v) is 11.1. The van der Waals surface area contributed by atoms with Crippen LogP contribution in [0.2, 0.25) is 0 Å². The van der Waals surface area contributed by atoms with Crippen molar-refractivity contribution < 1.29 is 9.47 Å². The van der Waals surface area contributed by atoms with E-state index in [2.05, 4.69) is 16.9 Å². The molecule has 1 aliphatic rings. The standard InChI is InChI=1S/C14H19N3O2/c1-9(8-15)2-3-14-16-10-6-12-13(7-11(10)17-14)19-5-4-18-12/h6-7,9H,2-5,8,15H2,1H3,(H,16,17). The summed E-state index contributed by atoms with van der Waals surface area (Å²) < 4.78 is 11.1. The Kier molecular flexibility index (Phi) is 3.29. The molecule has 5 nitrogen and oxygen atoms in total. The fourth-order valence-corrected chi connectivity index (χ4v) is 2.22. The first-order valence-corrected chi connectivity index (χ1v) is 6.74. The number of ether oxygens (including phenoxy) is 2. The summed E-state index contributed by atoms with van der Waals surface area (Å²) in [6.45, 7) is 4.08. The molecule has 0 saturated heterocycles. The Bertz CT molecular complexity index is 536. The van der Waals surface area contributed by atoms with Gasteiger partial charge in [0.2, 0.25) is 0 Å². The fourth-order valence-electron chi connectivity index (χ4n) is 2.22. The van der Waals surface area contributed by atoms with Crippen LogP contribution < -0.4 is 15.2 Å². The first-order valence-electron chi connectivity index (χ1n) is 6.74. The van der Waals surface area contributed by atoms with E-state index < -0.39 is 0 Å². The number of nitrogens with two attached hydrogens (primary N) is 1. The van der Waals surface area contributed by atoms with E-state index in [9.17, 15) is 0 Å². The SMILES string of the molecule is CC(CN)CCc1nc2cc3c(cc2[nH]1)OCCO3. The second-order valence-corrected chi connectivity index (χ2v) is 5.08. The summed E-state index contributed by atoms with van der Waals surface area (Å²) in [5.74, 6) is 3.10. The van der Waals surface area contributed by atoms with Crippen molar-refractivity contribution >= 4 is 11.0 Å². The number of benzene rings is 1. The number of fused-ring (bicyclic) bond motifs is 2. The Morgan fingerprint density at radius 1 is 1.32 bits per heavy atom. The molecule has 5 heteroatoms. The highest BCUT2D eigenvalue weighted by Gasteiger charge is 2.14. The third-order valence-electron chi connectivity index (χ3n) is 3.47. The summed E-state index contributed by atoms with van der Waals surface area (Å²) in [4.78, 5) is 7.93. The molecule has 0 spiro atoms. The molecule has 1 aromatic carbocycles. The van der Waals surface area contributed by atoms with E-state index >= 15 is 0 Å². The van der Waals surface area contributed by atoms with Gasteiger partial charge in [0.1, 0.15) is 19.0 Å². The number of H-pyrrole nitrogens is 1. The van der Waals surface area contributed by atoms with Crippen LogP contribution in [0.25, 0.3) is 11.0 Å². The molecule has 1 unspecified atom stereocenters. The number of aromatic amines is 1. The maximum Gasteiger partial charge on any atom is 0.163 e. The Morgan fingerprint density at radius 3 is 2.79 bits per heavy atom. The zero-order valence-electron chi connectivity index (χ0n) is 11.1. The minimum absolute atomic E-state index is 0.521. The molecule has 0 amide bonds. The van der Waals surface area contributed by atoms with Gasteiger partial charge in [-0.15, -0.1) is 0 Å². The molecule has 2 heterocycles. The van der Waals surface area contributed by atoms with Crippen LogP contribution in [0.15, 0.2) is 12.1 Å². The van der Waals surface area contributed by atoms with Gasteiger partial charge in [-0.2, -0.15) is 0 Å². The minimum Gasteiger partial charge on any atom is -0.486 e. The minimum atomic E-state index is 0.521. The number of aromatic nitrogens is 2. The fraction of sp³-hybridized carbons (Fsp3) is 0.500. The highest BCUT2D eigenvalue weighted by Crippen LogP contribution is 2.33. The van der Waals surface area contributed by atoms with Crippen LogP contribution in [0.4, 0.5) is 0 Å². The van der Waals surface area contributed by atoms with Crippen molar-refractivity contribution in [1.29, 1.82) is 0 Å². The van der Waals surface area contributed by atoms with Gasteiger partial charge < -0.3 is 20.2 Å². The van der Waals surface area contributed by atoms with Gasteiger partial charge in [-0.05, 0) is 18.9 Å². The van der Waals surface area contributed by atoms with Crippen LogP contribution in [-0.4, -0.2) is 29.7 Å². The Morgan fingerprint density at radius 2 is 2.05 bits per heavy atom. The summed E-state index contributed by atoms with van der Waals surface area (Å²) in [5, 5.41) is 0. The molecule has 102 valence electrons. The van der Waals surface area contributed by atoms with Crippen molar-refractivity contribution in [2.45, 2.75) is 19.8 Å². The molecular formula is C14H19N3O2. The van der Waals surface area contributed by atoms with Gasteiger partial charge >= 0.3 is 0 Å². The molecule has 0 bridgehead atoms. The maximum atomic E-state index is 5.63. The van der Waals surface area contributed by atoms with Gasteiger partial charge in [0.15, 0.2) is 11.5 Å². The summed E-state index contributed by atoms with van der Waals surface area (Å²) in [6.07, 6.45) is 1.96. The van der Waals surface area contributed by atoms with Crippen molar-refractivity contribution in [3.8, 4) is 11.5 Å². The van der Waals surface area contributed by atoms with E-state index in [1.54, 1.807) is 0 Å². The molecule has 1 aliphatic heterocycles. The van der Waals surface area contributed by atoms with E-state index in [-0.39, 0.29) is 0 Å². The predicted molar refractivity (Wildman–Crippen MR) is 73.6 cm³/mol. The molecule has 3 N–H and O–H groups in total. The lowest BCUT2D eigenvalue weighted by Crippen LogP contribution is -2.15. The predicted octanol–water partition coefficient (Wildman–Crippen LogP) is 1.86. The number of imidazole rings is 1. The molecule has 3 rings (SSSR count). The topological polar surface area (TPSA) is 73.2 Å². The molecule has 0 fully saturated rings. The van der Waals surface area contributed by atoms with Crippen LogP contribution in [0.5, 0.6) is 11.5 Å². The summed E-state index contributed by atoms with van der Waals surface area (Å²) in [5.41, 5.74) is 7.56. The Hall–Kier alpha value is -1.75. The summed E-state index contributed by atoms with van der Waals surface area (Å²) >= 11 is 0. The van der Waals surface area contributed by atoms with Crippen molar-refractivity contribution in [2.75, 3.05) is 19.8 Å². The summed E-state index contributed by atoms with van der Waals surface area (Å²) in [6, 6.07) is 3.91. The molecule has 1 atom stereocenters. The van der Waals surface area contributed by atoms with Gasteiger partial charge in [-0.1, -0.05) is 6.92 Å². The van der Waals surface area contributed by atoms with Gasteiger partial charge in [0.25, 0.3) is 0 Å². The molecule has 0 saturated carbocycles. The number of hydrogen-bond acceptors (Lipinski definition) is 4. The smallest absolute Gasteiger partial charge is 0.163 e. The van der Waals surface area contributed by atoms with Crippen molar-refractivity contribution in [3.05, 3.63) is 18.0 Å². The quantitative estimate of drug-likeness (QED) is 0.881. The van der Waals surface area contributed by atoms with Crippen LogP contribution in [-0.2, 0) is 6.42 Å². The maximum absolute atomic E-state index is 5.63. The molecule has 0 aliphatic carbocycles. The number of nitrogens with zero attached hydrogens (tertiary/aromatic N) is 1. The highest BCUT2D eigenvalue weighted by atomic mass is 16.6. The van der Waals surface area contributed by atoms with Crippen LogP contribution in [0.3, 0.4) is 0 Å². The van der Waals surface area contributed by atoms with E-state index in [0.29, 0.717) is 19.1 Å². The molecule has 0 radical (unpaired) electrons. The number of nitrogens with one attached hydrogen (secondary N) is 1. The van der Waals surface area contributed by atoms with Gasteiger partial charge in [0, 0.05) is 18.6 Å². The van der Waals surface area contributed by atoms with Crippen LogP contribution in [0.1, 0.15) is 19.2 Å². The number of aryl methyl sites for hydroxylation is 1. The first kappa shape index (κ1) is 12.3. The molecule has 19 heavy (non-hydrogen) atoms. The van der Waals surface area contributed by atoms with E-state index in [4.69, 9.17) is 15.2 Å². The lowest BCUT2D eigenvalue weighted by atomic mass is 10.1. The lowest BCUT2D eigenvalue weighted by molar-refractivity contribution is 0.172. The van der Waals surface area contributed by atoms with Crippen molar-refractivity contribution in [1.82, 2.24) is 9.97 Å². The zero-order chi connectivity index (χ0) is 13.2. The van der Waals surface area contributed by atoms with Gasteiger partial charge in [-0.3, -0.25) is 0 Å². The van der Waals surface area contributed by atoms with E-state index in [1.165, 1.54) is 0 Å². The molecule has 1 aromatic heterocycles. The third-order valence-corrected chi connectivity index (χ3v) is 3.47. The Balaban J connectivity index is 1.84. The van der Waals surface area contributed by atoms with Crippen LogP contribution in [0, 0.1) is 5.92 Å². The monoisotopic (exact) mass is 261 g/mol. The summed E-state index contributed by atoms with van der Waals surface area (Å²) in [7, 11) is 0. The van der Waals surface area contributed by atoms with Gasteiger partial charge in [-0.25, -0.2) is 4.98 Å². The average molecular weight is 261 g/mol. The average Bonchev–Trinajstić information content (AvgIpc) is 2.83. The Labute approximate surface area is 112 Å². The van der Waals surface area contributed by atoms with Crippen LogP contribution >= 0.6 is 0 Å². The molecular weight excluding hydrogens is 242 g/mol. The molecule has 2 aromatic rings. The number of rotatable bonds is 4. The largest absolute Gasteiger partial charge is 0.486 e. The van der Waals surface area contributed by atoms with Gasteiger partial charge in [0.05, 0.1) is 11.0 Å². The number of hydrogen-bond donors (Lipinski definition) is 2. The second-order valence-electron chi connectivity index (χ2n) is 5.08. The lowest BCUT2D eigenvalue weighted by Gasteiger charge is -2.17. The van der Waals surface area contributed by atoms with E-state index in [1.807, 2.05) is 12.1 Å². The normalized spacial score (nSPS) is 15.7. The van der Waals surface area contributed by atoms with E-state index in [0.717, 1.165) is 47.7 Å². The van der Waals surface area contributed by atoms with Crippen molar-refractivity contribution in [2.24, 2.45) is 11.7 Å². The first-order chi connectivity index (χ1) is 9.26.